The third-order valence-electron chi connectivity index (χ3n) is 6.69. The van der Waals surface area contributed by atoms with E-state index in [0.717, 1.165) is 54.3 Å². The zero-order chi connectivity index (χ0) is 23.7. The third kappa shape index (κ3) is 4.61. The van der Waals surface area contributed by atoms with Gasteiger partial charge in [-0.25, -0.2) is 4.98 Å². The van der Waals surface area contributed by atoms with Crippen LogP contribution in [-0.2, 0) is 13.0 Å². The first kappa shape index (κ1) is 22.3. The van der Waals surface area contributed by atoms with E-state index in [4.69, 9.17) is 14.7 Å². The first-order chi connectivity index (χ1) is 16.5. The molecule has 7 nitrogen and oxygen atoms in total. The highest BCUT2D eigenvalue weighted by molar-refractivity contribution is 5.95. The highest BCUT2D eigenvalue weighted by Gasteiger charge is 2.29. The molecule has 7 heteroatoms. The molecule has 2 aliphatic rings. The second kappa shape index (κ2) is 9.43. The summed E-state index contributed by atoms with van der Waals surface area (Å²) in [4.78, 5) is 29.6. The highest BCUT2D eigenvalue weighted by Crippen LogP contribution is 2.32. The van der Waals surface area contributed by atoms with Crippen LogP contribution in [0.25, 0.3) is 0 Å². The van der Waals surface area contributed by atoms with Crippen LogP contribution in [0.2, 0.25) is 0 Å². The predicted molar refractivity (Wildman–Crippen MR) is 133 cm³/mol. The molecule has 3 heterocycles. The molecule has 2 aliphatic heterocycles. The molecule has 0 bridgehead atoms. The van der Waals surface area contributed by atoms with Gasteiger partial charge in [-0.3, -0.25) is 4.79 Å². The number of benzene rings is 2. The summed E-state index contributed by atoms with van der Waals surface area (Å²) in [5, 5.41) is 0. The number of carbonyl (C=O) groups excluding carboxylic acids is 1. The number of piperazine rings is 1. The van der Waals surface area contributed by atoms with E-state index in [0.29, 0.717) is 31.3 Å². The van der Waals surface area contributed by atoms with Crippen molar-refractivity contribution in [2.75, 3.05) is 44.7 Å². The molecule has 1 saturated heterocycles. The zero-order valence-electron chi connectivity index (χ0n) is 20.1. The van der Waals surface area contributed by atoms with Crippen LogP contribution in [0.5, 0.6) is 11.6 Å². The summed E-state index contributed by atoms with van der Waals surface area (Å²) in [5.41, 5.74) is 4.76. The molecule has 0 unspecified atom stereocenters. The van der Waals surface area contributed by atoms with Gasteiger partial charge in [0.1, 0.15) is 5.75 Å². The fraction of sp³-hybridized carbons (Fsp3) is 0.370. The van der Waals surface area contributed by atoms with Gasteiger partial charge in [-0.05, 0) is 44.7 Å². The van der Waals surface area contributed by atoms with Crippen molar-refractivity contribution >= 4 is 11.9 Å². The number of likely N-dealkylation sites (N-methyl/N-ethyl adjacent to an activating group) is 1. The number of anilines is 1. The molecule has 34 heavy (non-hydrogen) atoms. The minimum absolute atomic E-state index is 0.0354. The number of fused-ring (bicyclic) bond motifs is 1. The van der Waals surface area contributed by atoms with Crippen molar-refractivity contribution in [3.63, 3.8) is 0 Å². The van der Waals surface area contributed by atoms with Crippen LogP contribution < -0.4 is 9.64 Å². The largest absolute Gasteiger partial charge is 0.438 e. The minimum Gasteiger partial charge on any atom is -0.438 e. The van der Waals surface area contributed by atoms with Crippen LogP contribution in [0.1, 0.15) is 32.7 Å². The van der Waals surface area contributed by atoms with Crippen molar-refractivity contribution in [3.8, 4) is 11.6 Å². The maximum Gasteiger partial charge on any atom is 0.254 e. The topological polar surface area (TPSA) is 61.8 Å². The van der Waals surface area contributed by atoms with Crippen molar-refractivity contribution in [2.45, 2.75) is 26.8 Å². The Bertz CT molecular complexity index is 1190. The van der Waals surface area contributed by atoms with E-state index in [1.807, 2.05) is 60.4 Å². The molecular weight excluding hydrogens is 426 g/mol. The number of hydrogen-bond donors (Lipinski definition) is 0. The van der Waals surface area contributed by atoms with Crippen LogP contribution in [0.4, 0.5) is 5.95 Å². The summed E-state index contributed by atoms with van der Waals surface area (Å²) >= 11 is 0. The third-order valence-corrected chi connectivity index (χ3v) is 6.69. The number of amides is 1. The maximum absolute atomic E-state index is 13.3. The number of hydrogen-bond acceptors (Lipinski definition) is 6. The average molecular weight is 458 g/mol. The van der Waals surface area contributed by atoms with Crippen molar-refractivity contribution in [1.82, 2.24) is 19.8 Å². The molecule has 1 amide bonds. The van der Waals surface area contributed by atoms with Crippen molar-refractivity contribution < 1.29 is 9.53 Å². The average Bonchev–Trinajstić information content (AvgIpc) is 2.85. The SMILES string of the molecule is Cc1ccc(Oc2nc(N3CCN(C)CC3)nc3c2CN(C(=O)c2ccccc2C)CC3)cc1. The Morgan fingerprint density at radius 2 is 1.65 bits per heavy atom. The van der Waals surface area contributed by atoms with Crippen LogP contribution in [-0.4, -0.2) is 65.4 Å². The summed E-state index contributed by atoms with van der Waals surface area (Å²) in [6, 6.07) is 15.7. The van der Waals surface area contributed by atoms with E-state index >= 15 is 0 Å². The molecular formula is C27H31N5O2. The summed E-state index contributed by atoms with van der Waals surface area (Å²) < 4.78 is 6.32. The molecule has 3 aromatic rings. The molecule has 0 atom stereocenters. The summed E-state index contributed by atoms with van der Waals surface area (Å²) in [6.45, 7) is 8.82. The molecule has 0 spiro atoms. The van der Waals surface area contributed by atoms with Gasteiger partial charge in [0.25, 0.3) is 5.91 Å². The lowest BCUT2D eigenvalue weighted by atomic mass is 10.0. The first-order valence-electron chi connectivity index (χ1n) is 11.9. The molecule has 176 valence electrons. The van der Waals surface area contributed by atoms with Gasteiger partial charge in [-0.1, -0.05) is 35.9 Å². The molecule has 0 radical (unpaired) electrons. The van der Waals surface area contributed by atoms with Gasteiger partial charge in [0.05, 0.1) is 17.8 Å². The summed E-state index contributed by atoms with van der Waals surface area (Å²) in [7, 11) is 2.14. The molecule has 1 aromatic heterocycles. The van der Waals surface area contributed by atoms with Gasteiger partial charge in [0.2, 0.25) is 11.8 Å². The van der Waals surface area contributed by atoms with Crippen molar-refractivity contribution in [2.24, 2.45) is 0 Å². The number of ether oxygens (including phenoxy) is 1. The Balaban J connectivity index is 1.48. The van der Waals surface area contributed by atoms with Crippen molar-refractivity contribution in [1.29, 1.82) is 0 Å². The standard InChI is InChI=1S/C27H31N5O2/c1-19-8-10-21(11-9-19)34-25-23-18-32(26(33)22-7-5-4-6-20(22)2)13-12-24(23)28-27(29-25)31-16-14-30(3)15-17-31/h4-11H,12-18H2,1-3H3. The van der Waals surface area contributed by atoms with Crippen LogP contribution in [0, 0.1) is 13.8 Å². The highest BCUT2D eigenvalue weighted by atomic mass is 16.5. The Hall–Kier alpha value is -3.45. The van der Waals surface area contributed by atoms with E-state index in [1.54, 1.807) is 0 Å². The van der Waals surface area contributed by atoms with Gasteiger partial charge in [0.15, 0.2) is 0 Å². The Labute approximate surface area is 201 Å². The van der Waals surface area contributed by atoms with Gasteiger partial charge < -0.3 is 19.4 Å². The Morgan fingerprint density at radius 1 is 0.912 bits per heavy atom. The lowest BCUT2D eigenvalue weighted by molar-refractivity contribution is 0.0731. The van der Waals surface area contributed by atoms with Crippen LogP contribution >= 0.6 is 0 Å². The zero-order valence-corrected chi connectivity index (χ0v) is 20.1. The Kier molecular flexibility index (Phi) is 6.20. The van der Waals surface area contributed by atoms with Gasteiger partial charge in [-0.2, -0.15) is 4.98 Å². The summed E-state index contributed by atoms with van der Waals surface area (Å²) in [6.07, 6.45) is 0.681. The molecule has 5 rings (SSSR count). The van der Waals surface area contributed by atoms with Gasteiger partial charge in [0, 0.05) is 44.7 Å². The van der Waals surface area contributed by atoms with E-state index in [9.17, 15) is 4.79 Å². The number of nitrogens with zero attached hydrogens (tertiary/aromatic N) is 5. The molecule has 0 N–H and O–H groups in total. The second-order valence-electron chi connectivity index (χ2n) is 9.25. The Morgan fingerprint density at radius 3 is 2.38 bits per heavy atom. The molecule has 1 fully saturated rings. The lowest BCUT2D eigenvalue weighted by Crippen LogP contribution is -2.45. The number of aryl methyl sites for hydroxylation is 2. The van der Waals surface area contributed by atoms with Gasteiger partial charge in [-0.15, -0.1) is 0 Å². The van der Waals surface area contributed by atoms with E-state index in [1.165, 1.54) is 5.56 Å². The summed E-state index contributed by atoms with van der Waals surface area (Å²) in [5.74, 6) is 2.03. The number of aromatic nitrogens is 2. The number of carbonyl (C=O) groups is 1. The van der Waals surface area contributed by atoms with Crippen molar-refractivity contribution in [3.05, 3.63) is 76.5 Å². The lowest BCUT2D eigenvalue weighted by Gasteiger charge is -2.34. The molecule has 0 saturated carbocycles. The van der Waals surface area contributed by atoms with E-state index in [2.05, 4.69) is 23.8 Å². The smallest absolute Gasteiger partial charge is 0.254 e. The van der Waals surface area contributed by atoms with E-state index < -0.39 is 0 Å². The predicted octanol–water partition coefficient (Wildman–Crippen LogP) is 3.84. The normalized spacial score (nSPS) is 16.3. The minimum atomic E-state index is 0.0354. The molecule has 2 aromatic carbocycles. The van der Waals surface area contributed by atoms with Gasteiger partial charge >= 0.3 is 0 Å². The first-order valence-corrected chi connectivity index (χ1v) is 11.9. The van der Waals surface area contributed by atoms with Crippen LogP contribution in [0.3, 0.4) is 0 Å². The molecule has 0 aliphatic carbocycles. The maximum atomic E-state index is 13.3. The quantitative estimate of drug-likeness (QED) is 0.593. The number of rotatable bonds is 4. The monoisotopic (exact) mass is 457 g/mol. The van der Waals surface area contributed by atoms with E-state index in [-0.39, 0.29) is 5.91 Å². The fourth-order valence-corrected chi connectivity index (χ4v) is 4.48. The van der Waals surface area contributed by atoms with Crippen LogP contribution in [0.15, 0.2) is 48.5 Å². The second-order valence-corrected chi connectivity index (χ2v) is 9.25. The fourth-order valence-electron chi connectivity index (χ4n) is 4.48.